The number of hydrogen-bond acceptors (Lipinski definition) is 6. The summed E-state index contributed by atoms with van der Waals surface area (Å²) in [5.74, 6) is 1.00. The van der Waals surface area contributed by atoms with Crippen molar-refractivity contribution in [2.45, 2.75) is 36.2 Å². The van der Waals surface area contributed by atoms with Crippen LogP contribution < -0.4 is 0 Å². The van der Waals surface area contributed by atoms with Gasteiger partial charge in [-0.1, -0.05) is 42.1 Å². The number of tetrazole rings is 1. The molecule has 7 nitrogen and oxygen atoms in total. The lowest BCUT2D eigenvalue weighted by Gasteiger charge is -2.13. The average Bonchev–Trinajstić information content (AvgIpc) is 3.31. The first kappa shape index (κ1) is 18.0. The second-order valence-electron chi connectivity index (χ2n) is 6.93. The number of benzene rings is 2. The molecule has 146 valence electrons. The lowest BCUT2D eigenvalue weighted by Crippen LogP contribution is -2.06. The van der Waals surface area contributed by atoms with E-state index >= 15 is 0 Å². The first-order valence-corrected chi connectivity index (χ1v) is 10.3. The number of rotatable bonds is 6. The highest BCUT2D eigenvalue weighted by Gasteiger charge is 2.32. The number of thioether (sulfide) groups is 1. The standard InChI is InChI=1S/C20H18FN7S/c1-13(18-23-25-26-28(18)15-7-3-2-4-8-15)29-20-24-22-19(27(20)14-11-12-14)16-9-5-6-10-17(16)21/h2-10,13-14H,11-12H2,1H3. The molecule has 0 amide bonds. The number of aromatic nitrogens is 7. The molecule has 0 saturated heterocycles. The van der Waals surface area contributed by atoms with Crippen molar-refractivity contribution >= 4 is 11.8 Å². The second kappa shape index (κ2) is 7.40. The first-order chi connectivity index (χ1) is 14.2. The zero-order chi connectivity index (χ0) is 19.8. The fourth-order valence-corrected chi connectivity index (χ4v) is 4.26. The van der Waals surface area contributed by atoms with E-state index in [1.807, 2.05) is 43.3 Å². The van der Waals surface area contributed by atoms with E-state index in [1.54, 1.807) is 16.8 Å². The van der Waals surface area contributed by atoms with E-state index in [4.69, 9.17) is 0 Å². The zero-order valence-electron chi connectivity index (χ0n) is 15.7. The van der Waals surface area contributed by atoms with Gasteiger partial charge in [0.15, 0.2) is 16.8 Å². The summed E-state index contributed by atoms with van der Waals surface area (Å²) in [6.07, 6.45) is 2.09. The van der Waals surface area contributed by atoms with Crippen LogP contribution in [0.2, 0.25) is 0 Å². The molecule has 29 heavy (non-hydrogen) atoms. The van der Waals surface area contributed by atoms with Crippen molar-refractivity contribution in [2.75, 3.05) is 0 Å². The van der Waals surface area contributed by atoms with Gasteiger partial charge in [0.25, 0.3) is 0 Å². The Balaban J connectivity index is 1.48. The maximum absolute atomic E-state index is 14.4. The minimum absolute atomic E-state index is 0.0691. The molecule has 1 saturated carbocycles. The Morgan fingerprint density at radius 1 is 1.00 bits per heavy atom. The maximum Gasteiger partial charge on any atom is 0.192 e. The van der Waals surface area contributed by atoms with Crippen LogP contribution in [0.5, 0.6) is 0 Å². The van der Waals surface area contributed by atoms with Gasteiger partial charge < -0.3 is 0 Å². The largest absolute Gasteiger partial charge is 0.299 e. The molecule has 1 unspecified atom stereocenters. The summed E-state index contributed by atoms with van der Waals surface area (Å²) in [6.45, 7) is 2.03. The van der Waals surface area contributed by atoms with Gasteiger partial charge in [-0.05, 0) is 54.5 Å². The minimum atomic E-state index is -0.292. The molecule has 2 aromatic carbocycles. The van der Waals surface area contributed by atoms with Gasteiger partial charge in [-0.3, -0.25) is 4.57 Å². The molecular formula is C20H18FN7S. The van der Waals surface area contributed by atoms with Crippen molar-refractivity contribution in [3.63, 3.8) is 0 Å². The fourth-order valence-electron chi connectivity index (χ4n) is 3.26. The van der Waals surface area contributed by atoms with E-state index in [2.05, 4.69) is 30.3 Å². The van der Waals surface area contributed by atoms with Gasteiger partial charge in [-0.15, -0.1) is 15.3 Å². The Bertz CT molecular complexity index is 1140. The molecule has 1 atom stereocenters. The van der Waals surface area contributed by atoms with Gasteiger partial charge in [-0.25, -0.2) is 4.39 Å². The predicted octanol–water partition coefficient (Wildman–Crippen LogP) is 4.25. The predicted molar refractivity (Wildman–Crippen MR) is 107 cm³/mol. The molecule has 1 aliphatic carbocycles. The summed E-state index contributed by atoms with van der Waals surface area (Å²) in [7, 11) is 0. The molecule has 0 spiro atoms. The number of halogens is 1. The van der Waals surface area contributed by atoms with E-state index in [0.29, 0.717) is 17.4 Å². The Labute approximate surface area is 171 Å². The molecule has 9 heteroatoms. The minimum Gasteiger partial charge on any atom is -0.299 e. The summed E-state index contributed by atoms with van der Waals surface area (Å²) in [4.78, 5) is 0. The van der Waals surface area contributed by atoms with Crippen LogP contribution in [0.3, 0.4) is 0 Å². The monoisotopic (exact) mass is 407 g/mol. The molecular weight excluding hydrogens is 389 g/mol. The third kappa shape index (κ3) is 3.42. The normalized spacial score (nSPS) is 14.8. The van der Waals surface area contributed by atoms with E-state index < -0.39 is 0 Å². The molecule has 0 N–H and O–H groups in total. The average molecular weight is 407 g/mol. The molecule has 5 rings (SSSR count). The van der Waals surface area contributed by atoms with Crippen LogP contribution >= 0.6 is 11.8 Å². The molecule has 0 radical (unpaired) electrons. The Morgan fingerprint density at radius 2 is 1.76 bits per heavy atom. The summed E-state index contributed by atoms with van der Waals surface area (Å²) in [5, 5.41) is 21.6. The van der Waals surface area contributed by atoms with Crippen molar-refractivity contribution in [1.82, 2.24) is 35.0 Å². The van der Waals surface area contributed by atoms with Crippen LogP contribution in [-0.4, -0.2) is 35.0 Å². The Hall–Kier alpha value is -3.07. The number of nitrogens with zero attached hydrogens (tertiary/aromatic N) is 7. The number of hydrogen-bond donors (Lipinski definition) is 0. The highest BCUT2D eigenvalue weighted by atomic mass is 32.2. The molecule has 1 fully saturated rings. The fraction of sp³-hybridized carbons (Fsp3) is 0.250. The van der Waals surface area contributed by atoms with Crippen molar-refractivity contribution < 1.29 is 4.39 Å². The molecule has 2 heterocycles. The Kier molecular flexibility index (Phi) is 4.59. The molecule has 2 aromatic heterocycles. The quantitative estimate of drug-likeness (QED) is 0.445. The van der Waals surface area contributed by atoms with Crippen LogP contribution in [0.1, 0.15) is 36.9 Å². The third-order valence-corrected chi connectivity index (χ3v) is 5.89. The lowest BCUT2D eigenvalue weighted by molar-refractivity contribution is 0.622. The van der Waals surface area contributed by atoms with E-state index in [0.717, 1.165) is 29.5 Å². The van der Waals surface area contributed by atoms with Gasteiger partial charge in [0.2, 0.25) is 0 Å². The van der Waals surface area contributed by atoms with Crippen molar-refractivity contribution in [2.24, 2.45) is 0 Å². The van der Waals surface area contributed by atoms with Crippen molar-refractivity contribution in [3.8, 4) is 17.1 Å². The van der Waals surface area contributed by atoms with E-state index in [9.17, 15) is 4.39 Å². The van der Waals surface area contributed by atoms with Gasteiger partial charge in [0.05, 0.1) is 16.5 Å². The summed E-state index contributed by atoms with van der Waals surface area (Å²) < 4.78 is 18.1. The zero-order valence-corrected chi connectivity index (χ0v) is 16.5. The topological polar surface area (TPSA) is 74.3 Å². The van der Waals surface area contributed by atoms with Crippen LogP contribution in [0, 0.1) is 5.82 Å². The Morgan fingerprint density at radius 3 is 2.52 bits per heavy atom. The van der Waals surface area contributed by atoms with E-state index in [1.165, 1.54) is 17.8 Å². The number of para-hydroxylation sites is 1. The molecule has 1 aliphatic rings. The molecule has 0 aliphatic heterocycles. The van der Waals surface area contributed by atoms with Gasteiger partial charge >= 0.3 is 0 Å². The van der Waals surface area contributed by atoms with Crippen LogP contribution in [0.25, 0.3) is 17.1 Å². The van der Waals surface area contributed by atoms with Gasteiger partial charge in [0.1, 0.15) is 5.82 Å². The first-order valence-electron chi connectivity index (χ1n) is 9.42. The van der Waals surface area contributed by atoms with Gasteiger partial charge in [0, 0.05) is 6.04 Å². The van der Waals surface area contributed by atoms with E-state index in [-0.39, 0.29) is 11.1 Å². The highest BCUT2D eigenvalue weighted by Crippen LogP contribution is 2.44. The smallest absolute Gasteiger partial charge is 0.192 e. The molecule has 0 bridgehead atoms. The van der Waals surface area contributed by atoms with Crippen LogP contribution in [0.15, 0.2) is 59.8 Å². The summed E-state index contributed by atoms with van der Waals surface area (Å²) in [6, 6.07) is 16.8. The van der Waals surface area contributed by atoms with Crippen LogP contribution in [-0.2, 0) is 0 Å². The third-order valence-electron chi connectivity index (χ3n) is 4.83. The lowest BCUT2D eigenvalue weighted by atomic mass is 10.2. The van der Waals surface area contributed by atoms with Crippen LogP contribution in [0.4, 0.5) is 4.39 Å². The van der Waals surface area contributed by atoms with Crippen molar-refractivity contribution in [1.29, 1.82) is 0 Å². The SMILES string of the molecule is CC(Sc1nnc(-c2ccccc2F)n1C1CC1)c1nnnn1-c1ccccc1. The van der Waals surface area contributed by atoms with Gasteiger partial charge in [-0.2, -0.15) is 4.68 Å². The highest BCUT2D eigenvalue weighted by molar-refractivity contribution is 7.99. The maximum atomic E-state index is 14.4. The molecule has 4 aromatic rings. The summed E-state index contributed by atoms with van der Waals surface area (Å²) >= 11 is 1.53. The van der Waals surface area contributed by atoms with Crippen molar-refractivity contribution in [3.05, 3.63) is 66.2 Å². The summed E-state index contributed by atoms with van der Waals surface area (Å²) in [5.41, 5.74) is 1.37. The second-order valence-corrected chi connectivity index (χ2v) is 8.24.